The van der Waals surface area contributed by atoms with Crippen molar-refractivity contribution < 1.29 is 9.52 Å². The Morgan fingerprint density at radius 3 is 3.00 bits per heavy atom. The fourth-order valence-corrected chi connectivity index (χ4v) is 2.71. The number of rotatable bonds is 6. The Bertz CT molecular complexity index is 540. The van der Waals surface area contributed by atoms with E-state index in [0.29, 0.717) is 6.61 Å². The van der Waals surface area contributed by atoms with Crippen LogP contribution in [0.5, 0.6) is 0 Å². The Labute approximate surface area is 112 Å². The number of aliphatic hydroxyl groups excluding tert-OH is 1. The zero-order chi connectivity index (χ0) is 13.1. The third kappa shape index (κ3) is 2.65. The average molecular weight is 260 g/mol. The van der Waals surface area contributed by atoms with Crippen LogP contribution in [0, 0.1) is 5.41 Å². The highest BCUT2D eigenvalue weighted by Gasteiger charge is 2.35. The van der Waals surface area contributed by atoms with E-state index >= 15 is 0 Å². The topological polar surface area (TPSA) is 58.3 Å². The van der Waals surface area contributed by atoms with Crippen molar-refractivity contribution in [3.05, 3.63) is 30.2 Å². The average Bonchev–Trinajstić information content (AvgIpc) is 2.84. The van der Waals surface area contributed by atoms with Gasteiger partial charge in [-0.3, -0.25) is 0 Å². The molecular formula is C15H20N2O2. The predicted molar refractivity (Wildman–Crippen MR) is 74.0 cm³/mol. The van der Waals surface area contributed by atoms with Crippen molar-refractivity contribution in [2.45, 2.75) is 25.7 Å². The Morgan fingerprint density at radius 2 is 2.26 bits per heavy atom. The van der Waals surface area contributed by atoms with Crippen LogP contribution in [0.2, 0.25) is 0 Å². The number of benzene rings is 1. The fourth-order valence-electron chi connectivity index (χ4n) is 2.71. The first-order chi connectivity index (χ1) is 9.31. The molecule has 1 saturated carbocycles. The number of hydrogen-bond donors (Lipinski definition) is 2. The second-order valence-corrected chi connectivity index (χ2v) is 5.59. The minimum absolute atomic E-state index is 0.162. The van der Waals surface area contributed by atoms with E-state index < -0.39 is 0 Å². The highest BCUT2D eigenvalue weighted by molar-refractivity contribution is 5.72. The predicted octanol–water partition coefficient (Wildman–Crippen LogP) is 2.12. The zero-order valence-corrected chi connectivity index (χ0v) is 11.1. The molecule has 4 nitrogen and oxygen atoms in total. The van der Waals surface area contributed by atoms with Crippen molar-refractivity contribution in [2.75, 3.05) is 19.7 Å². The van der Waals surface area contributed by atoms with Gasteiger partial charge in [-0.1, -0.05) is 12.5 Å². The number of oxazole rings is 1. The van der Waals surface area contributed by atoms with Crippen molar-refractivity contribution in [1.82, 2.24) is 10.3 Å². The van der Waals surface area contributed by atoms with Crippen LogP contribution in [-0.2, 0) is 6.42 Å². The van der Waals surface area contributed by atoms with Gasteiger partial charge in [0.15, 0.2) is 12.0 Å². The van der Waals surface area contributed by atoms with Crippen LogP contribution in [0.25, 0.3) is 11.1 Å². The quantitative estimate of drug-likeness (QED) is 0.781. The molecule has 0 amide bonds. The fraction of sp³-hybridized carbons (Fsp3) is 0.533. The smallest absolute Gasteiger partial charge is 0.181 e. The summed E-state index contributed by atoms with van der Waals surface area (Å²) in [6.07, 6.45) is 6.01. The second-order valence-electron chi connectivity index (χ2n) is 5.59. The standard InChI is InChI=1S/C15H20N2O2/c18-10-15(5-1-6-15)9-16-7-4-12-2-3-13-14(8-12)19-11-17-13/h2-3,8,11,16,18H,1,4-7,9-10H2. The van der Waals surface area contributed by atoms with E-state index in [0.717, 1.165) is 43.5 Å². The summed E-state index contributed by atoms with van der Waals surface area (Å²) in [5, 5.41) is 12.9. The summed E-state index contributed by atoms with van der Waals surface area (Å²) in [7, 11) is 0. The minimum Gasteiger partial charge on any atom is -0.443 e. The van der Waals surface area contributed by atoms with Crippen LogP contribution in [0.1, 0.15) is 24.8 Å². The molecule has 0 aliphatic heterocycles. The molecule has 2 N–H and O–H groups in total. The van der Waals surface area contributed by atoms with Crippen molar-refractivity contribution >= 4 is 11.1 Å². The van der Waals surface area contributed by atoms with E-state index in [-0.39, 0.29) is 5.41 Å². The summed E-state index contributed by atoms with van der Waals surface area (Å²) in [5.41, 5.74) is 3.17. The summed E-state index contributed by atoms with van der Waals surface area (Å²) in [4.78, 5) is 4.11. The van der Waals surface area contributed by atoms with Crippen LogP contribution in [0.4, 0.5) is 0 Å². The van der Waals surface area contributed by atoms with Gasteiger partial charge in [0.25, 0.3) is 0 Å². The lowest BCUT2D eigenvalue weighted by Gasteiger charge is -2.40. The van der Waals surface area contributed by atoms with Gasteiger partial charge in [0.2, 0.25) is 0 Å². The van der Waals surface area contributed by atoms with Crippen molar-refractivity contribution in [1.29, 1.82) is 0 Å². The summed E-state index contributed by atoms with van der Waals surface area (Å²) >= 11 is 0. The maximum absolute atomic E-state index is 9.39. The molecule has 1 fully saturated rings. The number of aliphatic hydroxyl groups is 1. The summed E-state index contributed by atoms with van der Waals surface area (Å²) in [6, 6.07) is 6.14. The first-order valence-corrected chi connectivity index (χ1v) is 6.95. The molecule has 1 heterocycles. The molecule has 2 aromatic rings. The highest BCUT2D eigenvalue weighted by atomic mass is 16.3. The van der Waals surface area contributed by atoms with E-state index in [1.54, 1.807) is 0 Å². The normalized spacial score (nSPS) is 17.5. The third-order valence-corrected chi connectivity index (χ3v) is 4.24. The van der Waals surface area contributed by atoms with E-state index in [4.69, 9.17) is 4.42 Å². The molecule has 1 aliphatic carbocycles. The first kappa shape index (κ1) is 12.6. The molecule has 1 aromatic heterocycles. The van der Waals surface area contributed by atoms with E-state index in [1.807, 2.05) is 6.07 Å². The van der Waals surface area contributed by atoms with Gasteiger partial charge in [-0.25, -0.2) is 4.98 Å². The van der Waals surface area contributed by atoms with E-state index in [9.17, 15) is 5.11 Å². The molecule has 19 heavy (non-hydrogen) atoms. The second kappa shape index (κ2) is 5.31. The van der Waals surface area contributed by atoms with Gasteiger partial charge in [0, 0.05) is 18.6 Å². The summed E-state index contributed by atoms with van der Waals surface area (Å²) in [6.45, 7) is 2.17. The number of hydrogen-bond acceptors (Lipinski definition) is 4. The van der Waals surface area contributed by atoms with E-state index in [1.165, 1.54) is 18.4 Å². The van der Waals surface area contributed by atoms with Crippen molar-refractivity contribution in [3.8, 4) is 0 Å². The maximum atomic E-state index is 9.39. The Hall–Kier alpha value is -1.39. The first-order valence-electron chi connectivity index (χ1n) is 6.95. The number of nitrogens with zero attached hydrogens (tertiary/aromatic N) is 1. The van der Waals surface area contributed by atoms with Gasteiger partial charge < -0.3 is 14.8 Å². The zero-order valence-electron chi connectivity index (χ0n) is 11.1. The molecular weight excluding hydrogens is 240 g/mol. The largest absolute Gasteiger partial charge is 0.443 e. The van der Waals surface area contributed by atoms with Gasteiger partial charge >= 0.3 is 0 Å². The molecule has 1 aliphatic rings. The van der Waals surface area contributed by atoms with Crippen LogP contribution in [0.15, 0.2) is 29.0 Å². The number of nitrogens with one attached hydrogen (secondary N) is 1. The number of fused-ring (bicyclic) bond motifs is 1. The molecule has 102 valence electrons. The van der Waals surface area contributed by atoms with Crippen LogP contribution in [-0.4, -0.2) is 29.8 Å². The monoisotopic (exact) mass is 260 g/mol. The molecule has 1 aromatic carbocycles. The molecule has 0 atom stereocenters. The SMILES string of the molecule is OCC1(CNCCc2ccc3ncoc3c2)CCC1. The lowest BCUT2D eigenvalue weighted by atomic mass is 9.69. The third-order valence-electron chi connectivity index (χ3n) is 4.24. The Balaban J connectivity index is 1.49. The number of aromatic nitrogens is 1. The van der Waals surface area contributed by atoms with Crippen molar-refractivity contribution in [2.24, 2.45) is 5.41 Å². The van der Waals surface area contributed by atoms with Crippen LogP contribution < -0.4 is 5.32 Å². The molecule has 0 spiro atoms. The van der Waals surface area contributed by atoms with Gasteiger partial charge in [-0.2, -0.15) is 0 Å². The van der Waals surface area contributed by atoms with Gasteiger partial charge in [-0.05, 0) is 43.5 Å². The minimum atomic E-state index is 0.162. The van der Waals surface area contributed by atoms with E-state index in [2.05, 4.69) is 22.4 Å². The summed E-state index contributed by atoms with van der Waals surface area (Å²) in [5.74, 6) is 0. The molecule has 0 unspecified atom stereocenters. The van der Waals surface area contributed by atoms with Gasteiger partial charge in [-0.15, -0.1) is 0 Å². The molecule has 4 heteroatoms. The molecule has 3 rings (SSSR count). The Morgan fingerprint density at radius 1 is 1.37 bits per heavy atom. The molecule has 0 radical (unpaired) electrons. The van der Waals surface area contributed by atoms with Crippen LogP contribution in [0.3, 0.4) is 0 Å². The van der Waals surface area contributed by atoms with Gasteiger partial charge in [0.05, 0.1) is 0 Å². The molecule has 0 bridgehead atoms. The van der Waals surface area contributed by atoms with Crippen molar-refractivity contribution in [3.63, 3.8) is 0 Å². The highest BCUT2D eigenvalue weighted by Crippen LogP contribution is 2.39. The lowest BCUT2D eigenvalue weighted by molar-refractivity contribution is 0.0451. The lowest BCUT2D eigenvalue weighted by Crippen LogP contribution is -2.43. The Kier molecular flexibility index (Phi) is 3.53. The summed E-state index contributed by atoms with van der Waals surface area (Å²) < 4.78 is 5.30. The van der Waals surface area contributed by atoms with Crippen LogP contribution >= 0.6 is 0 Å². The molecule has 0 saturated heterocycles. The van der Waals surface area contributed by atoms with Gasteiger partial charge in [0.1, 0.15) is 5.52 Å². The maximum Gasteiger partial charge on any atom is 0.181 e.